The summed E-state index contributed by atoms with van der Waals surface area (Å²) in [5, 5.41) is 0. The summed E-state index contributed by atoms with van der Waals surface area (Å²) in [6.07, 6.45) is 1.47. The van der Waals surface area contributed by atoms with Crippen LogP contribution in [-0.4, -0.2) is 25.8 Å². The highest BCUT2D eigenvalue weighted by molar-refractivity contribution is 5.54. The van der Waals surface area contributed by atoms with E-state index in [0.29, 0.717) is 6.42 Å². The Kier molecular flexibility index (Phi) is 2.40. The molecule has 0 aliphatic carbocycles. The first-order chi connectivity index (χ1) is 4.77. The molecule has 0 N–H and O–H groups in total. The smallest absolute Gasteiger partial charge is 0.158 e. The van der Waals surface area contributed by atoms with E-state index in [1.165, 1.54) is 0 Å². The number of ether oxygens (including phenoxy) is 2. The van der Waals surface area contributed by atoms with E-state index in [1.54, 1.807) is 7.11 Å². The van der Waals surface area contributed by atoms with Gasteiger partial charge in [-0.3, -0.25) is 0 Å². The van der Waals surface area contributed by atoms with E-state index in [1.807, 2.05) is 6.92 Å². The van der Waals surface area contributed by atoms with Gasteiger partial charge < -0.3 is 14.3 Å². The first-order valence-electron chi connectivity index (χ1n) is 3.41. The zero-order valence-corrected chi connectivity index (χ0v) is 6.24. The number of rotatable bonds is 2. The molecule has 0 bridgehead atoms. The molecule has 3 nitrogen and oxygen atoms in total. The van der Waals surface area contributed by atoms with Crippen LogP contribution in [0.3, 0.4) is 0 Å². The third-order valence-electron chi connectivity index (χ3n) is 1.87. The van der Waals surface area contributed by atoms with Crippen molar-refractivity contribution in [2.75, 3.05) is 7.11 Å². The minimum atomic E-state index is -0.176. The maximum Gasteiger partial charge on any atom is 0.158 e. The molecule has 1 rings (SSSR count). The molecule has 1 saturated heterocycles. The van der Waals surface area contributed by atoms with E-state index in [9.17, 15) is 4.79 Å². The summed E-state index contributed by atoms with van der Waals surface area (Å²) < 4.78 is 10.2. The Labute approximate surface area is 60.3 Å². The summed E-state index contributed by atoms with van der Waals surface area (Å²) >= 11 is 0. The van der Waals surface area contributed by atoms with Crippen LogP contribution in [0.1, 0.15) is 13.3 Å². The van der Waals surface area contributed by atoms with Gasteiger partial charge in [0.1, 0.15) is 6.29 Å². The second-order valence-electron chi connectivity index (χ2n) is 2.54. The Hall–Kier alpha value is -0.410. The molecule has 1 heterocycles. The van der Waals surface area contributed by atoms with Gasteiger partial charge >= 0.3 is 0 Å². The van der Waals surface area contributed by atoms with Gasteiger partial charge in [0.05, 0.1) is 6.10 Å². The second-order valence-corrected chi connectivity index (χ2v) is 2.54. The van der Waals surface area contributed by atoms with Crippen molar-refractivity contribution in [3.05, 3.63) is 0 Å². The topological polar surface area (TPSA) is 35.5 Å². The molecule has 0 aromatic rings. The summed E-state index contributed by atoms with van der Waals surface area (Å²) in [5.74, 6) is 0.0185. The van der Waals surface area contributed by atoms with E-state index in [2.05, 4.69) is 0 Å². The van der Waals surface area contributed by atoms with Crippen molar-refractivity contribution < 1.29 is 14.3 Å². The number of hydrogen-bond donors (Lipinski definition) is 0. The third kappa shape index (κ3) is 1.36. The van der Waals surface area contributed by atoms with Gasteiger partial charge in [-0.2, -0.15) is 0 Å². The number of aldehydes is 1. The standard InChI is InChI=1S/C7H12O3/c1-5-6(4-8)3-7(9-2)10-5/h4-7H,3H2,1-2H3/t5-,6+,7+/m0/s1. The number of carbonyl (C=O) groups is 1. The van der Waals surface area contributed by atoms with Crippen molar-refractivity contribution in [3.63, 3.8) is 0 Å². The van der Waals surface area contributed by atoms with Crippen molar-refractivity contribution >= 4 is 6.29 Å². The average Bonchev–Trinajstić information content (AvgIpc) is 2.30. The Balaban J connectivity index is 2.43. The lowest BCUT2D eigenvalue weighted by Crippen LogP contribution is -2.12. The van der Waals surface area contributed by atoms with Crippen LogP contribution in [0.5, 0.6) is 0 Å². The van der Waals surface area contributed by atoms with Gasteiger partial charge in [-0.05, 0) is 6.92 Å². The van der Waals surface area contributed by atoms with E-state index in [0.717, 1.165) is 6.29 Å². The van der Waals surface area contributed by atoms with Crippen molar-refractivity contribution in [2.45, 2.75) is 25.7 Å². The molecule has 0 amide bonds. The summed E-state index contributed by atoms with van der Waals surface area (Å²) in [6, 6.07) is 0. The molecule has 0 unspecified atom stereocenters. The van der Waals surface area contributed by atoms with Crippen LogP contribution in [0.25, 0.3) is 0 Å². The Bertz CT molecular complexity index is 124. The predicted molar refractivity (Wildman–Crippen MR) is 35.5 cm³/mol. The molecule has 1 aliphatic heterocycles. The molecule has 0 saturated carbocycles. The van der Waals surface area contributed by atoms with Crippen molar-refractivity contribution in [3.8, 4) is 0 Å². The maximum atomic E-state index is 10.3. The molecule has 0 aromatic heterocycles. The highest BCUT2D eigenvalue weighted by atomic mass is 16.7. The van der Waals surface area contributed by atoms with Crippen molar-refractivity contribution in [1.29, 1.82) is 0 Å². The van der Waals surface area contributed by atoms with Crippen LogP contribution in [0.4, 0.5) is 0 Å². The van der Waals surface area contributed by atoms with Gasteiger partial charge in [-0.1, -0.05) is 0 Å². The minimum Gasteiger partial charge on any atom is -0.356 e. The lowest BCUT2D eigenvalue weighted by atomic mass is 10.1. The molecular formula is C7H12O3. The quantitative estimate of drug-likeness (QED) is 0.532. The minimum absolute atomic E-state index is 0.0162. The summed E-state index contributed by atoms with van der Waals surface area (Å²) in [6.45, 7) is 1.89. The highest BCUT2D eigenvalue weighted by Crippen LogP contribution is 2.24. The van der Waals surface area contributed by atoms with Crippen LogP contribution >= 0.6 is 0 Å². The fourth-order valence-corrected chi connectivity index (χ4v) is 1.13. The number of methoxy groups -OCH3 is 1. The molecule has 0 radical (unpaired) electrons. The van der Waals surface area contributed by atoms with Gasteiger partial charge in [0.25, 0.3) is 0 Å². The van der Waals surface area contributed by atoms with Gasteiger partial charge in [0.2, 0.25) is 0 Å². The van der Waals surface area contributed by atoms with E-state index in [4.69, 9.17) is 9.47 Å². The first kappa shape index (κ1) is 7.69. The predicted octanol–water partition coefficient (Wildman–Crippen LogP) is 0.583. The van der Waals surface area contributed by atoms with Crippen LogP contribution < -0.4 is 0 Å². The molecule has 58 valence electrons. The molecule has 1 fully saturated rings. The van der Waals surface area contributed by atoms with Gasteiger partial charge in [0.15, 0.2) is 6.29 Å². The third-order valence-corrected chi connectivity index (χ3v) is 1.87. The maximum absolute atomic E-state index is 10.3. The fraction of sp³-hybridized carbons (Fsp3) is 0.857. The zero-order valence-electron chi connectivity index (χ0n) is 6.24. The number of hydrogen-bond acceptors (Lipinski definition) is 3. The molecule has 1 aliphatic rings. The van der Waals surface area contributed by atoms with Crippen molar-refractivity contribution in [2.24, 2.45) is 5.92 Å². The first-order valence-corrected chi connectivity index (χ1v) is 3.41. The normalized spacial score (nSPS) is 40.0. The molecule has 0 aromatic carbocycles. The lowest BCUT2D eigenvalue weighted by Gasteiger charge is -2.06. The number of carbonyl (C=O) groups excluding carboxylic acids is 1. The monoisotopic (exact) mass is 144 g/mol. The average molecular weight is 144 g/mol. The van der Waals surface area contributed by atoms with Gasteiger partial charge in [0, 0.05) is 19.4 Å². The van der Waals surface area contributed by atoms with Crippen molar-refractivity contribution in [1.82, 2.24) is 0 Å². The van der Waals surface area contributed by atoms with Gasteiger partial charge in [-0.15, -0.1) is 0 Å². The van der Waals surface area contributed by atoms with E-state index >= 15 is 0 Å². The molecule has 3 atom stereocenters. The molecule has 3 heteroatoms. The zero-order chi connectivity index (χ0) is 7.56. The highest BCUT2D eigenvalue weighted by Gasteiger charge is 2.31. The molecular weight excluding hydrogens is 132 g/mol. The lowest BCUT2D eigenvalue weighted by molar-refractivity contribution is -0.116. The van der Waals surface area contributed by atoms with Crippen LogP contribution in [0.2, 0.25) is 0 Å². The Morgan fingerprint density at radius 2 is 2.40 bits per heavy atom. The fourth-order valence-electron chi connectivity index (χ4n) is 1.13. The largest absolute Gasteiger partial charge is 0.356 e. The molecule has 0 spiro atoms. The van der Waals surface area contributed by atoms with Crippen LogP contribution in [-0.2, 0) is 14.3 Å². The van der Waals surface area contributed by atoms with Crippen LogP contribution in [0, 0.1) is 5.92 Å². The summed E-state index contributed by atoms with van der Waals surface area (Å²) in [4.78, 5) is 10.3. The summed E-state index contributed by atoms with van der Waals surface area (Å²) in [5.41, 5.74) is 0. The summed E-state index contributed by atoms with van der Waals surface area (Å²) in [7, 11) is 1.59. The van der Waals surface area contributed by atoms with Gasteiger partial charge in [-0.25, -0.2) is 0 Å². The Morgan fingerprint density at radius 3 is 2.70 bits per heavy atom. The second kappa shape index (κ2) is 3.12. The van der Waals surface area contributed by atoms with Crippen LogP contribution in [0.15, 0.2) is 0 Å². The van der Waals surface area contributed by atoms with E-state index < -0.39 is 0 Å². The molecule has 10 heavy (non-hydrogen) atoms. The Morgan fingerprint density at radius 1 is 1.70 bits per heavy atom. The SMILES string of the molecule is CO[C@H]1C[C@H](C=O)[C@H](C)O1. The van der Waals surface area contributed by atoms with E-state index in [-0.39, 0.29) is 18.3 Å².